The van der Waals surface area contributed by atoms with E-state index < -0.39 is 0 Å². The minimum atomic E-state index is 0. The van der Waals surface area contributed by atoms with Crippen molar-refractivity contribution in [2.45, 2.75) is 18.9 Å². The van der Waals surface area contributed by atoms with Gasteiger partial charge in [-0.2, -0.15) is 0 Å². The Labute approximate surface area is 107 Å². The SMILES string of the molecule is Cl.N[C@H](c1ccc2cc(O)ccc2c1)C1CC1. The van der Waals surface area contributed by atoms with Crippen molar-refractivity contribution in [1.29, 1.82) is 0 Å². The Kier molecular flexibility index (Phi) is 3.27. The zero-order valence-electron chi connectivity index (χ0n) is 9.47. The highest BCUT2D eigenvalue weighted by atomic mass is 35.5. The highest BCUT2D eigenvalue weighted by Crippen LogP contribution is 2.40. The molecule has 0 aromatic heterocycles. The lowest BCUT2D eigenvalue weighted by Crippen LogP contribution is -2.11. The summed E-state index contributed by atoms with van der Waals surface area (Å²) in [5.74, 6) is 0.987. The quantitative estimate of drug-likeness (QED) is 0.857. The molecule has 3 heteroatoms. The predicted molar refractivity (Wildman–Crippen MR) is 72.5 cm³/mol. The Balaban J connectivity index is 0.00000108. The molecular weight excluding hydrogens is 234 g/mol. The number of benzene rings is 2. The van der Waals surface area contributed by atoms with Gasteiger partial charge in [-0.25, -0.2) is 0 Å². The lowest BCUT2D eigenvalue weighted by atomic mass is 9.99. The molecule has 2 aromatic carbocycles. The smallest absolute Gasteiger partial charge is 0.116 e. The lowest BCUT2D eigenvalue weighted by molar-refractivity contribution is 0.476. The maximum Gasteiger partial charge on any atom is 0.116 e. The standard InChI is InChI=1S/C14H15NO.ClH/c15-14(9-1-2-9)12-4-3-11-8-13(16)6-5-10(11)7-12;/h3-9,14,16H,1-2,15H2;1H/t14-;/m0./s1. The van der Waals surface area contributed by atoms with Gasteiger partial charge in [0.15, 0.2) is 0 Å². The number of hydrogen-bond donors (Lipinski definition) is 2. The van der Waals surface area contributed by atoms with Crippen LogP contribution in [0.4, 0.5) is 0 Å². The first-order chi connectivity index (χ1) is 7.74. The van der Waals surface area contributed by atoms with Crippen LogP contribution in [0.25, 0.3) is 10.8 Å². The third kappa shape index (κ3) is 2.38. The Morgan fingerprint density at radius 3 is 2.41 bits per heavy atom. The van der Waals surface area contributed by atoms with Crippen molar-refractivity contribution < 1.29 is 5.11 Å². The Hall–Kier alpha value is -1.25. The van der Waals surface area contributed by atoms with Crippen molar-refractivity contribution >= 4 is 23.2 Å². The summed E-state index contributed by atoms with van der Waals surface area (Å²) >= 11 is 0. The topological polar surface area (TPSA) is 46.2 Å². The fourth-order valence-electron chi connectivity index (χ4n) is 2.19. The van der Waals surface area contributed by atoms with E-state index in [0.29, 0.717) is 11.7 Å². The van der Waals surface area contributed by atoms with Crippen molar-refractivity contribution in [3.8, 4) is 5.75 Å². The average molecular weight is 250 g/mol. The summed E-state index contributed by atoms with van der Waals surface area (Å²) in [6.45, 7) is 0. The van der Waals surface area contributed by atoms with Gasteiger partial charge in [0, 0.05) is 6.04 Å². The molecule has 0 saturated heterocycles. The van der Waals surface area contributed by atoms with E-state index in [1.54, 1.807) is 12.1 Å². The zero-order chi connectivity index (χ0) is 11.1. The second kappa shape index (κ2) is 4.55. The summed E-state index contributed by atoms with van der Waals surface area (Å²) in [5, 5.41) is 11.6. The van der Waals surface area contributed by atoms with Crippen LogP contribution in [-0.2, 0) is 0 Å². The van der Waals surface area contributed by atoms with Crippen LogP contribution < -0.4 is 5.73 Å². The van der Waals surface area contributed by atoms with E-state index >= 15 is 0 Å². The minimum Gasteiger partial charge on any atom is -0.508 e. The number of phenolic OH excluding ortho intramolecular Hbond substituents is 1. The number of fused-ring (bicyclic) bond motifs is 1. The Morgan fingerprint density at radius 1 is 1.06 bits per heavy atom. The van der Waals surface area contributed by atoms with Gasteiger partial charge < -0.3 is 10.8 Å². The zero-order valence-corrected chi connectivity index (χ0v) is 10.3. The first kappa shape index (κ1) is 12.2. The number of nitrogens with two attached hydrogens (primary N) is 1. The van der Waals surface area contributed by atoms with Crippen LogP contribution >= 0.6 is 12.4 Å². The third-order valence-electron chi connectivity index (χ3n) is 3.36. The molecule has 2 aromatic rings. The van der Waals surface area contributed by atoms with E-state index in [1.807, 2.05) is 12.1 Å². The first-order valence-corrected chi connectivity index (χ1v) is 5.72. The molecule has 0 aliphatic heterocycles. The summed E-state index contributed by atoms with van der Waals surface area (Å²) in [7, 11) is 0. The van der Waals surface area contributed by atoms with Crippen LogP contribution in [0.3, 0.4) is 0 Å². The summed E-state index contributed by atoms with van der Waals surface area (Å²) in [5.41, 5.74) is 7.38. The molecule has 3 rings (SSSR count). The summed E-state index contributed by atoms with van der Waals surface area (Å²) in [4.78, 5) is 0. The van der Waals surface area contributed by atoms with Crippen molar-refractivity contribution in [2.24, 2.45) is 11.7 Å². The minimum absolute atomic E-state index is 0. The third-order valence-corrected chi connectivity index (χ3v) is 3.36. The summed E-state index contributed by atoms with van der Waals surface area (Å²) in [6.07, 6.45) is 2.52. The van der Waals surface area contributed by atoms with E-state index in [0.717, 1.165) is 10.8 Å². The molecule has 2 nitrogen and oxygen atoms in total. The molecular formula is C14H16ClNO. The van der Waals surface area contributed by atoms with Crippen molar-refractivity contribution in [3.05, 3.63) is 42.0 Å². The predicted octanol–water partition coefficient (Wildman–Crippen LogP) is 3.38. The van der Waals surface area contributed by atoms with Crippen LogP contribution in [-0.4, -0.2) is 5.11 Å². The van der Waals surface area contributed by atoms with Gasteiger partial charge in [-0.3, -0.25) is 0 Å². The molecule has 1 atom stereocenters. The molecule has 17 heavy (non-hydrogen) atoms. The number of aromatic hydroxyl groups is 1. The molecule has 0 spiro atoms. The molecule has 1 fully saturated rings. The van der Waals surface area contributed by atoms with Gasteiger partial charge in [0.2, 0.25) is 0 Å². The van der Waals surface area contributed by atoms with Crippen molar-refractivity contribution in [1.82, 2.24) is 0 Å². The normalized spacial score (nSPS) is 16.5. The van der Waals surface area contributed by atoms with Gasteiger partial charge in [-0.1, -0.05) is 18.2 Å². The summed E-state index contributed by atoms with van der Waals surface area (Å²) in [6, 6.07) is 11.9. The van der Waals surface area contributed by atoms with Gasteiger partial charge in [0.1, 0.15) is 5.75 Å². The van der Waals surface area contributed by atoms with E-state index in [1.165, 1.54) is 18.4 Å². The van der Waals surface area contributed by atoms with Crippen LogP contribution in [0.2, 0.25) is 0 Å². The molecule has 0 bridgehead atoms. The maximum atomic E-state index is 9.38. The Bertz CT molecular complexity index is 537. The average Bonchev–Trinajstić information content (AvgIpc) is 3.11. The number of phenols is 1. The lowest BCUT2D eigenvalue weighted by Gasteiger charge is -2.11. The highest BCUT2D eigenvalue weighted by Gasteiger charge is 2.29. The van der Waals surface area contributed by atoms with E-state index in [2.05, 4.69) is 12.1 Å². The molecule has 1 saturated carbocycles. The van der Waals surface area contributed by atoms with E-state index in [-0.39, 0.29) is 18.4 Å². The van der Waals surface area contributed by atoms with E-state index in [4.69, 9.17) is 5.73 Å². The first-order valence-electron chi connectivity index (χ1n) is 5.72. The maximum absolute atomic E-state index is 9.38. The van der Waals surface area contributed by atoms with Gasteiger partial charge in [-0.05, 0) is 53.3 Å². The highest BCUT2D eigenvalue weighted by molar-refractivity contribution is 5.85. The Morgan fingerprint density at radius 2 is 1.71 bits per heavy atom. The molecule has 0 amide bonds. The van der Waals surface area contributed by atoms with Crippen molar-refractivity contribution in [3.63, 3.8) is 0 Å². The fourth-order valence-corrected chi connectivity index (χ4v) is 2.19. The molecule has 0 heterocycles. The largest absolute Gasteiger partial charge is 0.508 e. The van der Waals surface area contributed by atoms with Crippen LogP contribution in [0.1, 0.15) is 24.4 Å². The van der Waals surface area contributed by atoms with Gasteiger partial charge in [-0.15, -0.1) is 12.4 Å². The van der Waals surface area contributed by atoms with E-state index in [9.17, 15) is 5.11 Å². The van der Waals surface area contributed by atoms with Crippen LogP contribution in [0.15, 0.2) is 36.4 Å². The van der Waals surface area contributed by atoms with Gasteiger partial charge in [0.25, 0.3) is 0 Å². The fraction of sp³-hybridized carbons (Fsp3) is 0.286. The number of halogens is 1. The van der Waals surface area contributed by atoms with Crippen molar-refractivity contribution in [2.75, 3.05) is 0 Å². The second-order valence-electron chi connectivity index (χ2n) is 4.65. The molecule has 0 unspecified atom stereocenters. The molecule has 1 aliphatic carbocycles. The monoisotopic (exact) mass is 249 g/mol. The molecule has 90 valence electrons. The van der Waals surface area contributed by atoms with Gasteiger partial charge in [0.05, 0.1) is 0 Å². The number of hydrogen-bond acceptors (Lipinski definition) is 2. The van der Waals surface area contributed by atoms with Gasteiger partial charge >= 0.3 is 0 Å². The summed E-state index contributed by atoms with van der Waals surface area (Å²) < 4.78 is 0. The van der Waals surface area contributed by atoms with Crippen LogP contribution in [0, 0.1) is 5.92 Å². The second-order valence-corrected chi connectivity index (χ2v) is 4.65. The van der Waals surface area contributed by atoms with Crippen LogP contribution in [0.5, 0.6) is 5.75 Å². The molecule has 0 radical (unpaired) electrons. The molecule has 1 aliphatic rings. The molecule has 3 N–H and O–H groups in total. The number of rotatable bonds is 2.